The molecule has 0 aromatic heterocycles. The average Bonchev–Trinajstić information content (AvgIpc) is 2.53. The summed E-state index contributed by atoms with van der Waals surface area (Å²) in [7, 11) is 0. The van der Waals surface area contributed by atoms with Gasteiger partial charge >= 0.3 is 0 Å². The predicted molar refractivity (Wildman–Crippen MR) is 65.4 cm³/mol. The highest BCUT2D eigenvalue weighted by Crippen LogP contribution is 2.35. The van der Waals surface area contributed by atoms with Crippen molar-refractivity contribution in [2.24, 2.45) is 0 Å². The van der Waals surface area contributed by atoms with E-state index in [0.717, 1.165) is 10.9 Å². The van der Waals surface area contributed by atoms with Gasteiger partial charge in [0.1, 0.15) is 0 Å². The van der Waals surface area contributed by atoms with Crippen molar-refractivity contribution in [2.45, 2.75) is 31.6 Å². The van der Waals surface area contributed by atoms with Crippen molar-refractivity contribution < 1.29 is 0 Å². The Bertz CT molecular complexity index is 283. The van der Waals surface area contributed by atoms with Crippen LogP contribution < -0.4 is 0 Å². The minimum atomic E-state index is 0.771. The fourth-order valence-corrected chi connectivity index (χ4v) is 3.19. The van der Waals surface area contributed by atoms with E-state index in [1.165, 1.54) is 34.8 Å². The number of halogens is 2. The van der Waals surface area contributed by atoms with Gasteiger partial charge < -0.3 is 0 Å². The van der Waals surface area contributed by atoms with Crippen molar-refractivity contribution >= 4 is 34.2 Å². The van der Waals surface area contributed by atoms with Crippen LogP contribution in [0.25, 0.3) is 0 Å². The lowest BCUT2D eigenvalue weighted by atomic mass is 9.98. The van der Waals surface area contributed by atoms with Gasteiger partial charge in [0, 0.05) is 8.59 Å². The van der Waals surface area contributed by atoms with Gasteiger partial charge in [-0.2, -0.15) is 0 Å². The molecule has 1 saturated carbocycles. The number of hydrogen-bond acceptors (Lipinski definition) is 0. The summed E-state index contributed by atoms with van der Waals surface area (Å²) < 4.78 is 1.26. The molecule has 0 N–H and O–H groups in total. The molecule has 0 unspecified atom stereocenters. The normalized spacial score (nSPS) is 18.0. The molecule has 0 bridgehead atoms. The minimum absolute atomic E-state index is 0.771. The highest BCUT2D eigenvalue weighted by Gasteiger charge is 2.17. The Morgan fingerprint density at radius 2 is 1.85 bits per heavy atom. The molecule has 0 spiro atoms. The predicted octanol–water partition coefficient (Wildman–Crippen LogP) is 4.60. The summed E-state index contributed by atoms with van der Waals surface area (Å²) in [6, 6.07) is 6.41. The molecule has 0 heterocycles. The average molecular weight is 307 g/mol. The first-order valence-electron chi connectivity index (χ1n) is 4.72. The van der Waals surface area contributed by atoms with Gasteiger partial charge in [-0.3, -0.25) is 0 Å². The second-order valence-corrected chi connectivity index (χ2v) is 5.37. The zero-order valence-corrected chi connectivity index (χ0v) is 10.3. The Kier molecular flexibility index (Phi) is 3.14. The molecular formula is C11H12ClI. The smallest absolute Gasteiger partial charge is 0.0419 e. The van der Waals surface area contributed by atoms with E-state index in [1.807, 2.05) is 6.07 Å². The number of hydrogen-bond donors (Lipinski definition) is 0. The summed E-state index contributed by atoms with van der Waals surface area (Å²) in [6.07, 6.45) is 5.45. The van der Waals surface area contributed by atoms with Crippen LogP contribution >= 0.6 is 34.2 Å². The molecule has 70 valence electrons. The monoisotopic (exact) mass is 306 g/mol. The van der Waals surface area contributed by atoms with Crippen LogP contribution in [-0.4, -0.2) is 0 Å². The van der Waals surface area contributed by atoms with Gasteiger partial charge in [-0.15, -0.1) is 0 Å². The van der Waals surface area contributed by atoms with E-state index in [0.29, 0.717) is 0 Å². The molecule has 13 heavy (non-hydrogen) atoms. The maximum Gasteiger partial charge on any atom is 0.0419 e. The van der Waals surface area contributed by atoms with E-state index < -0.39 is 0 Å². The third-order valence-electron chi connectivity index (χ3n) is 2.71. The molecule has 0 nitrogen and oxygen atoms in total. The van der Waals surface area contributed by atoms with Crippen LogP contribution in [0.15, 0.2) is 18.2 Å². The quantitative estimate of drug-likeness (QED) is 0.665. The summed E-state index contributed by atoms with van der Waals surface area (Å²) in [5.74, 6) is 0.771. The van der Waals surface area contributed by atoms with Crippen molar-refractivity contribution in [2.75, 3.05) is 0 Å². The standard InChI is InChI=1S/C11H12ClI/c12-10-5-9(6-11(13)7-10)8-3-1-2-4-8/h5-8H,1-4H2. The fourth-order valence-electron chi connectivity index (χ4n) is 2.07. The second-order valence-electron chi connectivity index (χ2n) is 3.68. The van der Waals surface area contributed by atoms with Crippen molar-refractivity contribution in [3.05, 3.63) is 32.4 Å². The lowest BCUT2D eigenvalue weighted by molar-refractivity contribution is 0.723. The van der Waals surface area contributed by atoms with Gasteiger partial charge in [-0.05, 0) is 65.1 Å². The molecule has 2 rings (SSSR count). The van der Waals surface area contributed by atoms with E-state index in [4.69, 9.17) is 11.6 Å². The molecular weight excluding hydrogens is 294 g/mol. The van der Waals surface area contributed by atoms with Gasteiger partial charge in [0.05, 0.1) is 0 Å². The topological polar surface area (TPSA) is 0 Å². The maximum absolute atomic E-state index is 6.02. The first-order chi connectivity index (χ1) is 6.25. The van der Waals surface area contributed by atoms with Crippen LogP contribution in [0, 0.1) is 3.57 Å². The van der Waals surface area contributed by atoms with Crippen molar-refractivity contribution in [3.8, 4) is 0 Å². The summed E-state index contributed by atoms with van der Waals surface area (Å²) in [5.41, 5.74) is 1.44. The zero-order valence-electron chi connectivity index (χ0n) is 7.39. The lowest BCUT2D eigenvalue weighted by Crippen LogP contribution is -1.92. The molecule has 0 saturated heterocycles. The van der Waals surface area contributed by atoms with E-state index >= 15 is 0 Å². The molecule has 1 aliphatic rings. The molecule has 2 heteroatoms. The van der Waals surface area contributed by atoms with Crippen LogP contribution in [0.4, 0.5) is 0 Å². The Labute approximate surface area is 97.8 Å². The lowest BCUT2D eigenvalue weighted by Gasteiger charge is -2.10. The summed E-state index contributed by atoms with van der Waals surface area (Å²) in [6.45, 7) is 0. The molecule has 0 atom stereocenters. The second kappa shape index (κ2) is 4.18. The molecule has 0 amide bonds. The van der Waals surface area contributed by atoms with Crippen molar-refractivity contribution in [1.82, 2.24) is 0 Å². The van der Waals surface area contributed by atoms with E-state index in [1.54, 1.807) is 0 Å². The maximum atomic E-state index is 6.02. The van der Waals surface area contributed by atoms with E-state index in [2.05, 4.69) is 34.7 Å². The van der Waals surface area contributed by atoms with E-state index in [-0.39, 0.29) is 0 Å². The van der Waals surface area contributed by atoms with Crippen LogP contribution in [0.1, 0.15) is 37.2 Å². The number of benzene rings is 1. The molecule has 1 aliphatic carbocycles. The zero-order chi connectivity index (χ0) is 9.26. The highest BCUT2D eigenvalue weighted by atomic mass is 127. The van der Waals surface area contributed by atoms with Crippen LogP contribution in [0.5, 0.6) is 0 Å². The van der Waals surface area contributed by atoms with Gasteiger partial charge in [0.15, 0.2) is 0 Å². The first kappa shape index (κ1) is 9.78. The van der Waals surface area contributed by atoms with Crippen LogP contribution in [0.2, 0.25) is 5.02 Å². The first-order valence-corrected chi connectivity index (χ1v) is 6.17. The number of rotatable bonds is 1. The van der Waals surface area contributed by atoms with Gasteiger partial charge in [0.2, 0.25) is 0 Å². The van der Waals surface area contributed by atoms with Gasteiger partial charge in [0.25, 0.3) is 0 Å². The van der Waals surface area contributed by atoms with Crippen molar-refractivity contribution in [1.29, 1.82) is 0 Å². The largest absolute Gasteiger partial charge is 0.0843 e. The molecule has 1 aromatic rings. The fraction of sp³-hybridized carbons (Fsp3) is 0.455. The Hall–Kier alpha value is 0.240. The SMILES string of the molecule is Clc1cc(I)cc(C2CCCC2)c1. The molecule has 0 aliphatic heterocycles. The molecule has 1 fully saturated rings. The highest BCUT2D eigenvalue weighted by molar-refractivity contribution is 14.1. The summed E-state index contributed by atoms with van der Waals surface area (Å²) in [5, 5.41) is 0.883. The Morgan fingerprint density at radius 3 is 2.46 bits per heavy atom. The Balaban J connectivity index is 2.28. The summed E-state index contributed by atoms with van der Waals surface area (Å²) >= 11 is 8.36. The third-order valence-corrected chi connectivity index (χ3v) is 3.55. The van der Waals surface area contributed by atoms with Gasteiger partial charge in [-0.25, -0.2) is 0 Å². The van der Waals surface area contributed by atoms with Crippen molar-refractivity contribution in [3.63, 3.8) is 0 Å². The summed E-state index contributed by atoms with van der Waals surface area (Å²) in [4.78, 5) is 0. The van der Waals surface area contributed by atoms with Crippen LogP contribution in [-0.2, 0) is 0 Å². The Morgan fingerprint density at radius 1 is 1.15 bits per heavy atom. The minimum Gasteiger partial charge on any atom is -0.0843 e. The van der Waals surface area contributed by atoms with Gasteiger partial charge in [-0.1, -0.05) is 24.4 Å². The van der Waals surface area contributed by atoms with E-state index in [9.17, 15) is 0 Å². The molecule has 1 aromatic carbocycles. The third kappa shape index (κ3) is 2.38. The molecule has 0 radical (unpaired) electrons. The van der Waals surface area contributed by atoms with Crippen LogP contribution in [0.3, 0.4) is 0 Å².